The van der Waals surface area contributed by atoms with E-state index in [9.17, 15) is 10.2 Å². The van der Waals surface area contributed by atoms with Crippen LogP contribution >= 0.6 is 0 Å². The highest BCUT2D eigenvalue weighted by Gasteiger charge is 2.12. The molecule has 0 aliphatic heterocycles. The third-order valence-corrected chi connectivity index (χ3v) is 4.36. The van der Waals surface area contributed by atoms with E-state index in [0.29, 0.717) is 32.8 Å². The fraction of sp³-hybridized carbons (Fsp3) is 0.391. The first-order valence-electron chi connectivity index (χ1n) is 9.56. The molecule has 0 aromatic heterocycles. The van der Waals surface area contributed by atoms with Crippen molar-refractivity contribution < 1.29 is 29.2 Å². The predicted molar refractivity (Wildman–Crippen MR) is 111 cm³/mol. The summed E-state index contributed by atoms with van der Waals surface area (Å²) in [5.41, 5.74) is 2.06. The Kier molecular flexibility index (Phi) is 10.2. The van der Waals surface area contributed by atoms with Crippen LogP contribution in [0.5, 0.6) is 11.5 Å². The number of aliphatic hydroxyl groups excluding tert-OH is 2. The fourth-order valence-electron chi connectivity index (χ4n) is 2.58. The van der Waals surface area contributed by atoms with Gasteiger partial charge in [0.1, 0.15) is 11.5 Å². The van der Waals surface area contributed by atoms with E-state index < -0.39 is 12.2 Å². The van der Waals surface area contributed by atoms with Crippen molar-refractivity contribution in [3.63, 3.8) is 0 Å². The Bertz CT molecular complexity index is 711. The Morgan fingerprint density at radius 1 is 0.793 bits per heavy atom. The molecule has 0 spiro atoms. The summed E-state index contributed by atoms with van der Waals surface area (Å²) in [6, 6.07) is 15.2. The van der Waals surface area contributed by atoms with Gasteiger partial charge >= 0.3 is 0 Å². The molecule has 29 heavy (non-hydrogen) atoms. The number of hydrogen-bond donors (Lipinski definition) is 2. The van der Waals surface area contributed by atoms with Crippen LogP contribution < -0.4 is 9.47 Å². The first kappa shape index (κ1) is 22.9. The van der Waals surface area contributed by atoms with Gasteiger partial charge in [-0.15, -0.1) is 0 Å². The molecule has 0 saturated carbocycles. The lowest BCUT2D eigenvalue weighted by atomic mass is 10.1. The highest BCUT2D eigenvalue weighted by atomic mass is 16.5. The number of hydrogen-bond acceptors (Lipinski definition) is 6. The average Bonchev–Trinajstić information content (AvgIpc) is 2.77. The maximum absolute atomic E-state index is 10.0. The molecule has 2 N–H and O–H groups in total. The molecule has 0 fully saturated rings. The molecule has 158 valence electrons. The number of ether oxygens (including phenoxy) is 4. The van der Waals surface area contributed by atoms with Gasteiger partial charge in [-0.05, 0) is 41.8 Å². The van der Waals surface area contributed by atoms with Gasteiger partial charge in [-0.25, -0.2) is 0 Å². The second-order valence-corrected chi connectivity index (χ2v) is 6.54. The van der Waals surface area contributed by atoms with Crippen LogP contribution in [-0.2, 0) is 22.7 Å². The molecule has 2 atom stereocenters. The molecule has 0 bridgehead atoms. The Hall–Kier alpha value is -2.38. The Morgan fingerprint density at radius 2 is 1.31 bits per heavy atom. The summed E-state index contributed by atoms with van der Waals surface area (Å²) in [4.78, 5) is 0. The number of rotatable bonds is 13. The molecule has 6 heteroatoms. The molecule has 0 aliphatic rings. The van der Waals surface area contributed by atoms with Crippen LogP contribution in [0.1, 0.15) is 17.5 Å². The highest BCUT2D eigenvalue weighted by molar-refractivity contribution is 5.27. The van der Waals surface area contributed by atoms with Crippen LogP contribution in [0.15, 0.2) is 60.7 Å². The molecule has 2 aromatic rings. The van der Waals surface area contributed by atoms with Crippen LogP contribution in [0.2, 0.25) is 0 Å². The van der Waals surface area contributed by atoms with Crippen LogP contribution in [-0.4, -0.2) is 49.9 Å². The minimum absolute atomic E-state index is 0.342. The summed E-state index contributed by atoms with van der Waals surface area (Å²) in [5.74, 6) is 1.60. The van der Waals surface area contributed by atoms with Gasteiger partial charge in [0.15, 0.2) is 0 Å². The fourth-order valence-corrected chi connectivity index (χ4v) is 2.58. The van der Waals surface area contributed by atoms with E-state index in [2.05, 4.69) is 0 Å². The Balaban J connectivity index is 1.57. The second kappa shape index (κ2) is 13.0. The molecular formula is C23H30O6. The largest absolute Gasteiger partial charge is 0.497 e. The molecule has 0 amide bonds. The van der Waals surface area contributed by atoms with Crippen LogP contribution in [0.25, 0.3) is 0 Å². The van der Waals surface area contributed by atoms with E-state index in [1.54, 1.807) is 26.4 Å². The lowest BCUT2D eigenvalue weighted by molar-refractivity contribution is 0.0143. The first-order valence-corrected chi connectivity index (χ1v) is 9.56. The van der Waals surface area contributed by atoms with Crippen LogP contribution in [0, 0.1) is 0 Å². The number of methoxy groups -OCH3 is 2. The predicted octanol–water partition coefficient (Wildman–Crippen LogP) is 3.11. The van der Waals surface area contributed by atoms with Gasteiger partial charge in [0.25, 0.3) is 0 Å². The van der Waals surface area contributed by atoms with E-state index >= 15 is 0 Å². The minimum Gasteiger partial charge on any atom is -0.497 e. The van der Waals surface area contributed by atoms with Crippen molar-refractivity contribution >= 4 is 0 Å². The average molecular weight is 402 g/mol. The maximum atomic E-state index is 10.0. The second-order valence-electron chi connectivity index (χ2n) is 6.54. The van der Waals surface area contributed by atoms with Gasteiger partial charge in [-0.2, -0.15) is 0 Å². The van der Waals surface area contributed by atoms with Gasteiger partial charge in [0.05, 0.1) is 46.2 Å². The maximum Gasteiger partial charge on any atom is 0.118 e. The summed E-state index contributed by atoms with van der Waals surface area (Å²) in [7, 11) is 3.25. The zero-order chi connectivity index (χ0) is 20.9. The van der Waals surface area contributed by atoms with Crippen LogP contribution in [0.4, 0.5) is 0 Å². The Morgan fingerprint density at radius 3 is 1.83 bits per heavy atom. The lowest BCUT2D eigenvalue weighted by Crippen LogP contribution is -2.25. The summed E-state index contributed by atoms with van der Waals surface area (Å²) in [5, 5.41) is 20.0. The number of benzene rings is 2. The molecule has 2 aromatic carbocycles. The number of aliphatic hydroxyl groups is 2. The summed E-state index contributed by atoms with van der Waals surface area (Å²) < 4.78 is 21.3. The zero-order valence-electron chi connectivity index (χ0n) is 17.0. The lowest BCUT2D eigenvalue weighted by Gasteiger charge is -2.14. The van der Waals surface area contributed by atoms with Gasteiger partial charge < -0.3 is 29.2 Å². The van der Waals surface area contributed by atoms with E-state index in [1.807, 2.05) is 48.5 Å². The molecule has 6 nitrogen and oxygen atoms in total. The van der Waals surface area contributed by atoms with Crippen molar-refractivity contribution in [3.8, 4) is 11.5 Å². The van der Waals surface area contributed by atoms with E-state index in [0.717, 1.165) is 22.6 Å². The standard InChI is InChI=1S/C23H30O6/c1-26-20-9-5-18(6-10-20)16-28-14-3-4-22(24)23(25)13-15-29-17-19-7-11-21(27-2)12-8-19/h3-12,22-25H,13-17H2,1-2H3/b4-3-/t22-,23-/m1/s1. The molecular weight excluding hydrogens is 372 g/mol. The molecule has 0 aliphatic carbocycles. The van der Waals surface area contributed by atoms with Gasteiger partial charge in [-0.3, -0.25) is 0 Å². The molecule has 2 rings (SSSR count). The van der Waals surface area contributed by atoms with Crippen molar-refractivity contribution in [1.29, 1.82) is 0 Å². The van der Waals surface area contributed by atoms with Crippen molar-refractivity contribution in [2.75, 3.05) is 27.4 Å². The molecule has 0 heterocycles. The third-order valence-electron chi connectivity index (χ3n) is 4.36. The quantitative estimate of drug-likeness (QED) is 0.396. The minimum atomic E-state index is -0.954. The first-order chi connectivity index (χ1) is 14.1. The summed E-state index contributed by atoms with van der Waals surface area (Å²) in [6.45, 7) is 1.61. The van der Waals surface area contributed by atoms with Crippen molar-refractivity contribution in [1.82, 2.24) is 0 Å². The zero-order valence-corrected chi connectivity index (χ0v) is 17.0. The van der Waals surface area contributed by atoms with Gasteiger partial charge in [0, 0.05) is 6.61 Å². The van der Waals surface area contributed by atoms with Crippen LogP contribution in [0.3, 0.4) is 0 Å². The third kappa shape index (κ3) is 8.66. The van der Waals surface area contributed by atoms with Gasteiger partial charge in [-0.1, -0.05) is 36.4 Å². The molecule has 0 radical (unpaired) electrons. The Labute approximate surface area is 172 Å². The monoisotopic (exact) mass is 402 g/mol. The van der Waals surface area contributed by atoms with E-state index in [4.69, 9.17) is 18.9 Å². The van der Waals surface area contributed by atoms with Crippen molar-refractivity contribution in [3.05, 3.63) is 71.8 Å². The molecule has 0 saturated heterocycles. The summed E-state index contributed by atoms with van der Waals surface area (Å²) in [6.07, 6.45) is 1.75. The van der Waals surface area contributed by atoms with Crippen molar-refractivity contribution in [2.24, 2.45) is 0 Å². The highest BCUT2D eigenvalue weighted by Crippen LogP contribution is 2.13. The molecule has 0 unspecified atom stereocenters. The van der Waals surface area contributed by atoms with E-state index in [1.165, 1.54) is 0 Å². The smallest absolute Gasteiger partial charge is 0.118 e. The van der Waals surface area contributed by atoms with E-state index in [-0.39, 0.29) is 0 Å². The van der Waals surface area contributed by atoms with Crippen molar-refractivity contribution in [2.45, 2.75) is 31.8 Å². The van der Waals surface area contributed by atoms with Gasteiger partial charge in [0.2, 0.25) is 0 Å². The topological polar surface area (TPSA) is 77.4 Å². The normalized spacial score (nSPS) is 13.4. The summed E-state index contributed by atoms with van der Waals surface area (Å²) >= 11 is 0. The SMILES string of the molecule is COc1ccc(COC/C=C\[C@@H](O)[C@H](O)CCOCc2ccc(OC)cc2)cc1.